The zero-order valence-corrected chi connectivity index (χ0v) is 14.7. The third-order valence-electron chi connectivity index (χ3n) is 4.37. The molecule has 2 aromatic rings. The number of ether oxygens (including phenoxy) is 1. The molecule has 1 N–H and O–H groups in total. The SMILES string of the molecule is Cc1cc(CN(C)C(=O)N[C@H]2CCCc3cc(OC(F)F)ccc32)no1. The second kappa shape index (κ2) is 7.72. The molecule has 26 heavy (non-hydrogen) atoms. The van der Waals surface area contributed by atoms with Gasteiger partial charge in [-0.3, -0.25) is 0 Å². The van der Waals surface area contributed by atoms with Crippen molar-refractivity contribution in [2.24, 2.45) is 0 Å². The van der Waals surface area contributed by atoms with Crippen LogP contribution in [0.4, 0.5) is 13.6 Å². The lowest BCUT2D eigenvalue weighted by Crippen LogP contribution is -2.40. The van der Waals surface area contributed by atoms with Crippen LogP contribution in [0.25, 0.3) is 0 Å². The number of hydrogen-bond donors (Lipinski definition) is 1. The second-order valence-electron chi connectivity index (χ2n) is 6.42. The van der Waals surface area contributed by atoms with Crippen LogP contribution in [-0.4, -0.2) is 29.7 Å². The summed E-state index contributed by atoms with van der Waals surface area (Å²) in [6, 6.07) is 6.28. The van der Waals surface area contributed by atoms with E-state index in [0.29, 0.717) is 18.0 Å². The van der Waals surface area contributed by atoms with E-state index in [1.54, 1.807) is 32.2 Å². The van der Waals surface area contributed by atoms with Gasteiger partial charge < -0.3 is 19.5 Å². The van der Waals surface area contributed by atoms with Crippen LogP contribution in [0.15, 0.2) is 28.8 Å². The van der Waals surface area contributed by atoms with Gasteiger partial charge in [-0.05, 0) is 49.4 Å². The highest BCUT2D eigenvalue weighted by atomic mass is 19.3. The van der Waals surface area contributed by atoms with Crippen LogP contribution in [0.2, 0.25) is 0 Å². The molecule has 1 atom stereocenters. The number of fused-ring (bicyclic) bond motifs is 1. The van der Waals surface area contributed by atoms with Gasteiger partial charge in [-0.15, -0.1) is 0 Å². The zero-order valence-electron chi connectivity index (χ0n) is 14.7. The Hall–Kier alpha value is -2.64. The van der Waals surface area contributed by atoms with Crippen molar-refractivity contribution in [1.82, 2.24) is 15.4 Å². The van der Waals surface area contributed by atoms with Gasteiger partial charge in [-0.2, -0.15) is 8.78 Å². The van der Waals surface area contributed by atoms with Crippen molar-refractivity contribution < 1.29 is 22.8 Å². The van der Waals surface area contributed by atoms with Crippen molar-refractivity contribution in [3.63, 3.8) is 0 Å². The maximum atomic E-state index is 12.5. The number of aromatic nitrogens is 1. The number of urea groups is 1. The fourth-order valence-corrected chi connectivity index (χ4v) is 3.18. The van der Waals surface area contributed by atoms with Crippen molar-refractivity contribution in [2.75, 3.05) is 7.05 Å². The summed E-state index contributed by atoms with van der Waals surface area (Å²) in [6.07, 6.45) is 2.43. The summed E-state index contributed by atoms with van der Waals surface area (Å²) in [7, 11) is 1.68. The highest BCUT2D eigenvalue weighted by molar-refractivity contribution is 5.74. The van der Waals surface area contributed by atoms with E-state index in [-0.39, 0.29) is 17.8 Å². The first-order valence-corrected chi connectivity index (χ1v) is 8.44. The van der Waals surface area contributed by atoms with Crippen LogP contribution in [0.3, 0.4) is 0 Å². The monoisotopic (exact) mass is 365 g/mol. The lowest BCUT2D eigenvalue weighted by atomic mass is 9.87. The predicted octanol–water partition coefficient (Wildman–Crippen LogP) is 3.80. The Balaban J connectivity index is 1.66. The molecule has 0 fully saturated rings. The minimum atomic E-state index is -2.85. The molecule has 0 bridgehead atoms. The average molecular weight is 365 g/mol. The Morgan fingerprint density at radius 3 is 2.96 bits per heavy atom. The van der Waals surface area contributed by atoms with Gasteiger partial charge in [0.25, 0.3) is 0 Å². The van der Waals surface area contributed by atoms with Gasteiger partial charge in [0.15, 0.2) is 0 Å². The summed E-state index contributed by atoms with van der Waals surface area (Å²) < 4.78 is 34.2. The number of hydrogen-bond acceptors (Lipinski definition) is 4. The number of halogens is 2. The molecule has 0 saturated heterocycles. The van der Waals surface area contributed by atoms with Crippen LogP contribution in [-0.2, 0) is 13.0 Å². The summed E-state index contributed by atoms with van der Waals surface area (Å²) in [4.78, 5) is 14.0. The van der Waals surface area contributed by atoms with Crippen LogP contribution in [0.5, 0.6) is 5.75 Å². The summed E-state index contributed by atoms with van der Waals surface area (Å²) in [5, 5.41) is 6.88. The van der Waals surface area contributed by atoms with Crippen LogP contribution in [0.1, 0.15) is 41.5 Å². The van der Waals surface area contributed by atoms with Crippen LogP contribution < -0.4 is 10.1 Å². The molecular weight excluding hydrogens is 344 g/mol. The number of alkyl halides is 2. The van der Waals surface area contributed by atoms with Gasteiger partial charge in [0.05, 0.1) is 12.6 Å². The van der Waals surface area contributed by atoms with Gasteiger partial charge in [0.2, 0.25) is 0 Å². The first kappa shape index (κ1) is 18.2. The molecule has 1 heterocycles. The van der Waals surface area contributed by atoms with Gasteiger partial charge >= 0.3 is 12.6 Å². The maximum absolute atomic E-state index is 12.5. The van der Waals surface area contributed by atoms with Crippen LogP contribution in [0, 0.1) is 6.92 Å². The molecule has 8 heteroatoms. The average Bonchev–Trinajstić information content (AvgIpc) is 2.99. The van der Waals surface area contributed by atoms with E-state index in [2.05, 4.69) is 15.2 Å². The van der Waals surface area contributed by atoms with Crippen molar-refractivity contribution >= 4 is 6.03 Å². The molecule has 140 valence electrons. The summed E-state index contributed by atoms with van der Waals surface area (Å²) in [6.45, 7) is -0.716. The van der Waals surface area contributed by atoms with Crippen molar-refractivity contribution in [3.05, 3.63) is 46.8 Å². The van der Waals surface area contributed by atoms with Crippen molar-refractivity contribution in [2.45, 2.75) is 45.4 Å². The van der Waals surface area contributed by atoms with E-state index in [1.165, 1.54) is 11.0 Å². The van der Waals surface area contributed by atoms with Crippen molar-refractivity contribution in [1.29, 1.82) is 0 Å². The largest absolute Gasteiger partial charge is 0.435 e. The van der Waals surface area contributed by atoms with E-state index in [9.17, 15) is 13.6 Å². The molecule has 1 aliphatic carbocycles. The Morgan fingerprint density at radius 2 is 2.27 bits per heavy atom. The fourth-order valence-electron chi connectivity index (χ4n) is 3.18. The molecule has 3 rings (SSSR count). The lowest BCUT2D eigenvalue weighted by molar-refractivity contribution is -0.0499. The van der Waals surface area contributed by atoms with Crippen molar-refractivity contribution in [3.8, 4) is 5.75 Å². The normalized spacial score (nSPS) is 16.3. The number of nitrogens with one attached hydrogen (secondary N) is 1. The van der Waals surface area contributed by atoms with Gasteiger partial charge in [0, 0.05) is 13.1 Å². The number of rotatable bonds is 5. The van der Waals surface area contributed by atoms with Gasteiger partial charge in [-0.25, -0.2) is 4.79 Å². The smallest absolute Gasteiger partial charge is 0.387 e. The molecule has 1 aromatic carbocycles. The number of carbonyl (C=O) groups is 1. The highest BCUT2D eigenvalue weighted by Gasteiger charge is 2.24. The Morgan fingerprint density at radius 1 is 1.46 bits per heavy atom. The first-order chi connectivity index (χ1) is 12.4. The van der Waals surface area contributed by atoms with E-state index >= 15 is 0 Å². The second-order valence-corrected chi connectivity index (χ2v) is 6.42. The van der Waals surface area contributed by atoms with E-state index < -0.39 is 6.61 Å². The van der Waals surface area contributed by atoms with E-state index in [0.717, 1.165) is 30.4 Å². The molecule has 2 amide bonds. The molecule has 1 aromatic heterocycles. The quantitative estimate of drug-likeness (QED) is 0.875. The molecule has 0 saturated carbocycles. The summed E-state index contributed by atoms with van der Waals surface area (Å²) >= 11 is 0. The number of benzene rings is 1. The molecule has 6 nitrogen and oxygen atoms in total. The molecule has 0 radical (unpaired) electrons. The maximum Gasteiger partial charge on any atom is 0.387 e. The molecule has 1 aliphatic rings. The minimum Gasteiger partial charge on any atom is -0.435 e. The summed E-state index contributed by atoms with van der Waals surface area (Å²) in [5.74, 6) is 0.834. The van der Waals surface area contributed by atoms with Gasteiger partial charge in [0.1, 0.15) is 17.2 Å². The Kier molecular flexibility index (Phi) is 5.39. The third-order valence-corrected chi connectivity index (χ3v) is 4.37. The molecule has 0 unspecified atom stereocenters. The first-order valence-electron chi connectivity index (χ1n) is 8.44. The van der Waals surface area contributed by atoms with E-state index in [4.69, 9.17) is 4.52 Å². The third kappa shape index (κ3) is 4.30. The van der Waals surface area contributed by atoms with E-state index in [1.807, 2.05) is 0 Å². The van der Waals surface area contributed by atoms with Crippen LogP contribution >= 0.6 is 0 Å². The van der Waals surface area contributed by atoms with Gasteiger partial charge in [-0.1, -0.05) is 11.2 Å². The summed E-state index contributed by atoms with van der Waals surface area (Å²) in [5.41, 5.74) is 2.55. The minimum absolute atomic E-state index is 0.143. The zero-order chi connectivity index (χ0) is 18.7. The molecule has 0 aliphatic heterocycles. The molecular formula is C18H21F2N3O3. The Bertz CT molecular complexity index is 779. The number of amides is 2. The number of carbonyl (C=O) groups excluding carboxylic acids is 1. The number of nitrogens with zero attached hydrogens (tertiary/aromatic N) is 2. The number of aryl methyl sites for hydroxylation is 2. The Labute approximate surface area is 150 Å². The molecule has 0 spiro atoms. The lowest BCUT2D eigenvalue weighted by Gasteiger charge is -2.28. The predicted molar refractivity (Wildman–Crippen MR) is 90.0 cm³/mol. The highest BCUT2D eigenvalue weighted by Crippen LogP contribution is 2.32. The standard InChI is InChI=1S/C18H21F2N3O3/c1-11-8-13(22-26-11)10-23(2)18(24)21-16-5-3-4-12-9-14(25-17(19)20)6-7-15(12)16/h6-9,16-17H,3-5,10H2,1-2H3,(H,21,24)/t16-/m0/s1. The topological polar surface area (TPSA) is 67.6 Å². The fraction of sp³-hybridized carbons (Fsp3) is 0.444.